The lowest BCUT2D eigenvalue weighted by Gasteiger charge is -2.07. The summed E-state index contributed by atoms with van der Waals surface area (Å²) in [6.45, 7) is 0. The average molecular weight is 274 g/mol. The maximum Gasteiger partial charge on any atom is 0.328 e. The van der Waals surface area contributed by atoms with Crippen LogP contribution in [-0.4, -0.2) is 11.1 Å². The molecule has 2 nitrogen and oxygen atoms in total. The smallest absolute Gasteiger partial charge is 0.328 e. The SMILES string of the molecule is O=C(O)/C=C1/c2ccccc2CSc2ccsc21. The first-order valence-electron chi connectivity index (χ1n) is 5.49. The molecule has 2 heterocycles. The summed E-state index contributed by atoms with van der Waals surface area (Å²) in [5.41, 5.74) is 3.06. The van der Waals surface area contributed by atoms with Gasteiger partial charge in [-0.25, -0.2) is 4.79 Å². The van der Waals surface area contributed by atoms with Crippen LogP contribution in [0.4, 0.5) is 0 Å². The summed E-state index contributed by atoms with van der Waals surface area (Å²) in [7, 11) is 0. The van der Waals surface area contributed by atoms with E-state index in [2.05, 4.69) is 12.1 Å². The number of thiophene rings is 1. The average Bonchev–Trinajstić information content (AvgIpc) is 2.77. The summed E-state index contributed by atoms with van der Waals surface area (Å²) in [6.07, 6.45) is 1.32. The minimum Gasteiger partial charge on any atom is -0.478 e. The largest absolute Gasteiger partial charge is 0.478 e. The van der Waals surface area contributed by atoms with Crippen LogP contribution in [-0.2, 0) is 10.5 Å². The van der Waals surface area contributed by atoms with Crippen LogP contribution in [0.5, 0.6) is 0 Å². The summed E-state index contributed by atoms with van der Waals surface area (Å²) in [5, 5.41) is 11.1. The van der Waals surface area contributed by atoms with Gasteiger partial charge in [0.2, 0.25) is 0 Å². The molecule has 1 aromatic heterocycles. The number of carboxylic acid groups (broad SMARTS) is 1. The Morgan fingerprint density at radius 1 is 1.28 bits per heavy atom. The second-order valence-corrected chi connectivity index (χ2v) is 5.89. The first-order chi connectivity index (χ1) is 8.75. The minimum atomic E-state index is -0.897. The Balaban J connectivity index is 2.26. The second-order valence-electron chi connectivity index (χ2n) is 3.96. The van der Waals surface area contributed by atoms with Crippen LogP contribution in [0.3, 0.4) is 0 Å². The molecule has 1 aliphatic heterocycles. The fraction of sp³-hybridized carbons (Fsp3) is 0.0714. The van der Waals surface area contributed by atoms with Crippen molar-refractivity contribution in [3.05, 3.63) is 57.8 Å². The van der Waals surface area contributed by atoms with Gasteiger partial charge in [0.1, 0.15) is 0 Å². The van der Waals surface area contributed by atoms with Gasteiger partial charge in [-0.05, 0) is 22.6 Å². The number of hydrogen-bond donors (Lipinski definition) is 1. The number of rotatable bonds is 1. The molecular weight excluding hydrogens is 264 g/mol. The lowest BCUT2D eigenvalue weighted by Crippen LogP contribution is -1.95. The van der Waals surface area contributed by atoms with E-state index in [0.717, 1.165) is 21.8 Å². The minimum absolute atomic E-state index is 0.827. The molecular formula is C14H10O2S2. The Kier molecular flexibility index (Phi) is 2.97. The molecule has 3 rings (SSSR count). The Bertz CT molecular complexity index is 641. The molecule has 2 aromatic rings. The zero-order valence-electron chi connectivity index (χ0n) is 9.42. The standard InChI is InChI=1S/C14H10O2S2/c15-13(16)7-11-10-4-2-1-3-9(10)8-18-12-5-6-17-14(11)12/h1-7H,8H2,(H,15,16)/b11-7-. The third kappa shape index (κ3) is 1.98. The van der Waals surface area contributed by atoms with Crippen molar-refractivity contribution in [1.82, 2.24) is 0 Å². The molecule has 0 amide bonds. The van der Waals surface area contributed by atoms with E-state index in [1.165, 1.54) is 16.5 Å². The number of thioether (sulfide) groups is 1. The van der Waals surface area contributed by atoms with Gasteiger partial charge in [-0.1, -0.05) is 24.3 Å². The van der Waals surface area contributed by atoms with E-state index in [0.29, 0.717) is 0 Å². The molecule has 90 valence electrons. The van der Waals surface area contributed by atoms with Gasteiger partial charge in [0.25, 0.3) is 0 Å². The third-order valence-corrected chi connectivity index (χ3v) is 5.02. The molecule has 0 saturated heterocycles. The first kappa shape index (κ1) is 11.6. The van der Waals surface area contributed by atoms with E-state index in [4.69, 9.17) is 5.11 Å². The van der Waals surface area contributed by atoms with Crippen LogP contribution in [0.25, 0.3) is 5.57 Å². The van der Waals surface area contributed by atoms with Gasteiger partial charge in [0, 0.05) is 27.2 Å². The normalized spacial score (nSPS) is 15.9. The summed E-state index contributed by atoms with van der Waals surface area (Å²) in [6, 6.07) is 10.1. The van der Waals surface area contributed by atoms with Crippen molar-refractivity contribution in [2.45, 2.75) is 10.6 Å². The Morgan fingerprint density at radius 3 is 2.94 bits per heavy atom. The molecule has 1 aromatic carbocycles. The van der Waals surface area contributed by atoms with Crippen LogP contribution in [0.15, 0.2) is 46.7 Å². The van der Waals surface area contributed by atoms with Crippen molar-refractivity contribution in [2.24, 2.45) is 0 Å². The number of carbonyl (C=O) groups is 1. The zero-order valence-corrected chi connectivity index (χ0v) is 11.1. The predicted molar refractivity (Wildman–Crippen MR) is 75.0 cm³/mol. The van der Waals surface area contributed by atoms with Crippen LogP contribution >= 0.6 is 23.1 Å². The second kappa shape index (κ2) is 4.63. The molecule has 0 fully saturated rings. The maximum atomic E-state index is 11.0. The van der Waals surface area contributed by atoms with E-state index in [-0.39, 0.29) is 0 Å². The molecule has 0 radical (unpaired) electrons. The van der Waals surface area contributed by atoms with Crippen LogP contribution in [0.2, 0.25) is 0 Å². The highest BCUT2D eigenvalue weighted by Crippen LogP contribution is 2.42. The number of carboxylic acids is 1. The van der Waals surface area contributed by atoms with E-state index in [9.17, 15) is 4.79 Å². The van der Waals surface area contributed by atoms with Gasteiger partial charge in [0.15, 0.2) is 0 Å². The fourth-order valence-corrected chi connectivity index (χ4v) is 4.26. The Hall–Kier alpha value is -1.52. The highest BCUT2D eigenvalue weighted by molar-refractivity contribution is 7.98. The molecule has 0 atom stereocenters. The molecule has 18 heavy (non-hydrogen) atoms. The maximum absolute atomic E-state index is 11.0. The number of benzene rings is 1. The highest BCUT2D eigenvalue weighted by Gasteiger charge is 2.20. The molecule has 0 aliphatic carbocycles. The van der Waals surface area contributed by atoms with Crippen LogP contribution in [0, 0.1) is 0 Å². The number of hydrogen-bond acceptors (Lipinski definition) is 3. The molecule has 1 N–H and O–H groups in total. The van der Waals surface area contributed by atoms with Gasteiger partial charge in [0.05, 0.1) is 0 Å². The predicted octanol–water partition coefficient (Wildman–Crippen LogP) is 3.87. The van der Waals surface area contributed by atoms with E-state index in [1.807, 2.05) is 23.6 Å². The van der Waals surface area contributed by atoms with E-state index < -0.39 is 5.97 Å². The van der Waals surface area contributed by atoms with Gasteiger partial charge in [-0.15, -0.1) is 23.1 Å². The molecule has 1 aliphatic rings. The summed E-state index contributed by atoms with van der Waals surface area (Å²) in [5.74, 6) is -0.0114. The molecule has 4 heteroatoms. The quantitative estimate of drug-likeness (QED) is 0.802. The zero-order chi connectivity index (χ0) is 12.5. The molecule has 0 spiro atoms. The third-order valence-electron chi connectivity index (χ3n) is 2.83. The van der Waals surface area contributed by atoms with Crippen molar-refractivity contribution in [3.63, 3.8) is 0 Å². The van der Waals surface area contributed by atoms with Crippen molar-refractivity contribution in [3.8, 4) is 0 Å². The van der Waals surface area contributed by atoms with E-state index in [1.54, 1.807) is 23.1 Å². The molecule has 0 saturated carbocycles. The number of aliphatic carboxylic acids is 1. The van der Waals surface area contributed by atoms with Crippen molar-refractivity contribution >= 4 is 34.6 Å². The summed E-state index contributed by atoms with van der Waals surface area (Å²) in [4.78, 5) is 13.3. The van der Waals surface area contributed by atoms with Gasteiger partial charge < -0.3 is 5.11 Å². The van der Waals surface area contributed by atoms with Crippen LogP contribution < -0.4 is 0 Å². The summed E-state index contributed by atoms with van der Waals surface area (Å²) < 4.78 is 0. The fourth-order valence-electron chi connectivity index (χ4n) is 2.06. The highest BCUT2D eigenvalue weighted by atomic mass is 32.2. The van der Waals surface area contributed by atoms with Crippen molar-refractivity contribution < 1.29 is 9.90 Å². The Labute approximate surface area is 113 Å². The van der Waals surface area contributed by atoms with Crippen LogP contribution in [0.1, 0.15) is 16.0 Å². The molecule has 0 unspecified atom stereocenters. The lowest BCUT2D eigenvalue weighted by atomic mass is 9.99. The van der Waals surface area contributed by atoms with Crippen molar-refractivity contribution in [2.75, 3.05) is 0 Å². The van der Waals surface area contributed by atoms with Gasteiger partial charge in [-0.2, -0.15) is 0 Å². The number of fused-ring (bicyclic) bond motifs is 2. The summed E-state index contributed by atoms with van der Waals surface area (Å²) >= 11 is 3.37. The molecule has 0 bridgehead atoms. The monoisotopic (exact) mass is 274 g/mol. The van der Waals surface area contributed by atoms with Gasteiger partial charge >= 0.3 is 5.97 Å². The first-order valence-corrected chi connectivity index (χ1v) is 7.36. The lowest BCUT2D eigenvalue weighted by molar-refractivity contribution is -0.131. The topological polar surface area (TPSA) is 37.3 Å². The Morgan fingerprint density at radius 2 is 2.11 bits per heavy atom. The van der Waals surface area contributed by atoms with Gasteiger partial charge in [-0.3, -0.25) is 0 Å². The van der Waals surface area contributed by atoms with Crippen molar-refractivity contribution in [1.29, 1.82) is 0 Å². The van der Waals surface area contributed by atoms with E-state index >= 15 is 0 Å².